The first-order valence-corrected chi connectivity index (χ1v) is 5.37. The van der Waals surface area contributed by atoms with Gasteiger partial charge in [-0.1, -0.05) is 0 Å². The van der Waals surface area contributed by atoms with E-state index in [-0.39, 0.29) is 5.69 Å². The maximum Gasteiger partial charge on any atom is 0.357 e. The number of carbonyl (C=O) groups is 1. The van der Waals surface area contributed by atoms with E-state index in [1.165, 1.54) is 18.4 Å². The minimum Gasteiger partial charge on any atom is -0.464 e. The number of thiazole rings is 1. The molecule has 4 nitrogen and oxygen atoms in total. The number of methoxy groups -OCH3 is 1. The second kappa shape index (κ2) is 3.62. The minimum atomic E-state index is -0.466. The van der Waals surface area contributed by atoms with Crippen molar-refractivity contribution < 1.29 is 9.53 Å². The Balaban J connectivity index is 2.64. The van der Waals surface area contributed by atoms with Gasteiger partial charge in [-0.25, -0.2) is 14.8 Å². The second-order valence-corrected chi connectivity index (χ2v) is 4.23. The zero-order valence-electron chi connectivity index (χ0n) is 7.15. The maximum atomic E-state index is 11.3. The van der Waals surface area contributed by atoms with Gasteiger partial charge in [-0.15, -0.1) is 11.3 Å². The fraction of sp³-hybridized carbons (Fsp3) is 0.125. The van der Waals surface area contributed by atoms with Crippen molar-refractivity contribution >= 4 is 43.6 Å². The topological polar surface area (TPSA) is 52.1 Å². The molecule has 0 radical (unpaired) electrons. The summed E-state index contributed by atoms with van der Waals surface area (Å²) < 4.78 is 6.15. The van der Waals surface area contributed by atoms with E-state index >= 15 is 0 Å². The van der Waals surface area contributed by atoms with E-state index in [4.69, 9.17) is 0 Å². The summed E-state index contributed by atoms with van der Waals surface area (Å²) in [6.45, 7) is 0. The zero-order valence-corrected chi connectivity index (χ0v) is 9.55. The molecule has 0 saturated heterocycles. The number of hydrogen-bond acceptors (Lipinski definition) is 5. The number of ether oxygens (including phenoxy) is 1. The summed E-state index contributed by atoms with van der Waals surface area (Å²) in [5.74, 6) is -0.466. The average Bonchev–Trinajstić information content (AvgIpc) is 2.62. The van der Waals surface area contributed by atoms with Crippen molar-refractivity contribution in [1.29, 1.82) is 0 Å². The van der Waals surface area contributed by atoms with Crippen LogP contribution in [0.25, 0.3) is 10.3 Å². The molecular weight excluding hydrogens is 268 g/mol. The molecule has 0 fully saturated rings. The predicted molar refractivity (Wildman–Crippen MR) is 56.5 cm³/mol. The molecule has 0 N–H and O–H groups in total. The fourth-order valence-corrected chi connectivity index (χ4v) is 2.30. The Morgan fingerprint density at radius 3 is 3.14 bits per heavy atom. The first-order valence-electron chi connectivity index (χ1n) is 3.70. The molecule has 0 unspecified atom stereocenters. The Morgan fingerprint density at radius 1 is 1.64 bits per heavy atom. The van der Waals surface area contributed by atoms with E-state index in [2.05, 4.69) is 30.6 Å². The Labute approximate surface area is 92.1 Å². The van der Waals surface area contributed by atoms with Gasteiger partial charge in [0.2, 0.25) is 0 Å². The molecule has 2 aromatic heterocycles. The van der Waals surface area contributed by atoms with E-state index in [9.17, 15) is 4.79 Å². The number of esters is 1. The van der Waals surface area contributed by atoms with Gasteiger partial charge in [0, 0.05) is 0 Å². The molecule has 0 aliphatic rings. The SMILES string of the molecule is COC(=O)c1nc2ncsc2cc1Br. The average molecular weight is 273 g/mol. The van der Waals surface area contributed by atoms with Crippen LogP contribution >= 0.6 is 27.3 Å². The summed E-state index contributed by atoms with van der Waals surface area (Å²) in [4.78, 5) is 19.4. The van der Waals surface area contributed by atoms with Crippen molar-refractivity contribution in [2.75, 3.05) is 7.11 Å². The summed E-state index contributed by atoms with van der Waals surface area (Å²) in [5, 5.41) is 0. The minimum absolute atomic E-state index is 0.255. The summed E-state index contributed by atoms with van der Waals surface area (Å²) >= 11 is 4.73. The van der Waals surface area contributed by atoms with Crippen molar-refractivity contribution in [3.63, 3.8) is 0 Å². The molecular formula is C8H5BrN2O2S. The molecule has 2 rings (SSSR count). The van der Waals surface area contributed by atoms with Gasteiger partial charge >= 0.3 is 5.97 Å². The Bertz CT molecular complexity index is 497. The second-order valence-electron chi connectivity index (χ2n) is 2.48. The van der Waals surface area contributed by atoms with Crippen LogP contribution in [0, 0.1) is 0 Å². The first-order chi connectivity index (χ1) is 6.72. The highest BCUT2D eigenvalue weighted by molar-refractivity contribution is 9.10. The van der Waals surface area contributed by atoms with Gasteiger partial charge in [0.25, 0.3) is 0 Å². The molecule has 72 valence electrons. The molecule has 2 aromatic rings. The monoisotopic (exact) mass is 272 g/mol. The lowest BCUT2D eigenvalue weighted by Gasteiger charge is -2.00. The molecule has 6 heteroatoms. The van der Waals surface area contributed by atoms with Crippen LogP contribution < -0.4 is 0 Å². The van der Waals surface area contributed by atoms with Gasteiger partial charge in [-0.3, -0.25) is 0 Å². The van der Waals surface area contributed by atoms with Crippen LogP contribution in [-0.2, 0) is 4.74 Å². The van der Waals surface area contributed by atoms with E-state index in [0.717, 1.165) is 4.70 Å². The smallest absolute Gasteiger partial charge is 0.357 e. The molecule has 0 aliphatic carbocycles. The molecule has 0 amide bonds. The summed E-state index contributed by atoms with van der Waals surface area (Å²) in [6, 6.07) is 1.81. The molecule has 0 aliphatic heterocycles. The number of hydrogen-bond donors (Lipinski definition) is 0. The van der Waals surface area contributed by atoms with Crippen molar-refractivity contribution in [3.05, 3.63) is 21.7 Å². The molecule has 0 bridgehead atoms. The lowest BCUT2D eigenvalue weighted by atomic mass is 10.3. The third kappa shape index (κ3) is 1.51. The standard InChI is InChI=1S/C8H5BrN2O2S/c1-13-8(12)6-4(9)2-5-7(11-6)10-3-14-5/h2-3H,1H3. The van der Waals surface area contributed by atoms with Crippen LogP contribution in [0.1, 0.15) is 10.5 Å². The summed E-state index contributed by atoms with van der Waals surface area (Å²) in [7, 11) is 1.32. The van der Waals surface area contributed by atoms with E-state index < -0.39 is 5.97 Å². The van der Waals surface area contributed by atoms with Crippen molar-refractivity contribution in [2.24, 2.45) is 0 Å². The predicted octanol–water partition coefficient (Wildman–Crippen LogP) is 2.24. The van der Waals surface area contributed by atoms with Gasteiger partial charge < -0.3 is 4.74 Å². The normalized spacial score (nSPS) is 10.4. The molecule has 0 saturated carbocycles. The van der Waals surface area contributed by atoms with E-state index in [0.29, 0.717) is 10.1 Å². The number of aromatic nitrogens is 2. The highest BCUT2D eigenvalue weighted by Crippen LogP contribution is 2.23. The van der Waals surface area contributed by atoms with Crippen LogP contribution in [-0.4, -0.2) is 23.0 Å². The van der Waals surface area contributed by atoms with Crippen LogP contribution in [0.2, 0.25) is 0 Å². The van der Waals surface area contributed by atoms with E-state index in [1.807, 2.05) is 6.07 Å². The van der Waals surface area contributed by atoms with Gasteiger partial charge in [0.15, 0.2) is 11.3 Å². The third-order valence-corrected chi connectivity index (χ3v) is 3.03. The first kappa shape index (κ1) is 9.54. The largest absolute Gasteiger partial charge is 0.464 e. The quantitative estimate of drug-likeness (QED) is 0.748. The van der Waals surface area contributed by atoms with Crippen molar-refractivity contribution in [1.82, 2.24) is 9.97 Å². The fourth-order valence-electron chi connectivity index (χ4n) is 1.01. The number of halogens is 1. The lowest BCUT2D eigenvalue weighted by Crippen LogP contribution is -2.05. The Morgan fingerprint density at radius 2 is 2.43 bits per heavy atom. The van der Waals surface area contributed by atoms with Crippen molar-refractivity contribution in [2.45, 2.75) is 0 Å². The van der Waals surface area contributed by atoms with Crippen molar-refractivity contribution in [3.8, 4) is 0 Å². The van der Waals surface area contributed by atoms with Gasteiger partial charge in [-0.2, -0.15) is 0 Å². The van der Waals surface area contributed by atoms with E-state index in [1.54, 1.807) is 5.51 Å². The molecule has 0 atom stereocenters. The molecule has 14 heavy (non-hydrogen) atoms. The summed E-state index contributed by atoms with van der Waals surface area (Å²) in [5.41, 5.74) is 2.51. The number of pyridine rings is 1. The number of rotatable bonds is 1. The summed E-state index contributed by atoms with van der Waals surface area (Å²) in [6.07, 6.45) is 0. The van der Waals surface area contributed by atoms with Crippen LogP contribution in [0.15, 0.2) is 16.0 Å². The zero-order chi connectivity index (χ0) is 10.1. The maximum absolute atomic E-state index is 11.3. The van der Waals surface area contributed by atoms with Crippen LogP contribution in [0.3, 0.4) is 0 Å². The van der Waals surface area contributed by atoms with Gasteiger partial charge in [0.1, 0.15) is 0 Å². The number of fused-ring (bicyclic) bond motifs is 1. The lowest BCUT2D eigenvalue weighted by molar-refractivity contribution is 0.0593. The highest BCUT2D eigenvalue weighted by Gasteiger charge is 2.14. The van der Waals surface area contributed by atoms with Gasteiger partial charge in [0.05, 0.1) is 21.8 Å². The third-order valence-electron chi connectivity index (χ3n) is 1.66. The highest BCUT2D eigenvalue weighted by atomic mass is 79.9. The van der Waals surface area contributed by atoms with Crippen LogP contribution in [0.4, 0.5) is 0 Å². The molecule has 2 heterocycles. The van der Waals surface area contributed by atoms with Crippen LogP contribution in [0.5, 0.6) is 0 Å². The molecule has 0 aromatic carbocycles. The number of carbonyl (C=O) groups excluding carboxylic acids is 1. The number of nitrogens with zero attached hydrogens (tertiary/aromatic N) is 2. The Hall–Kier alpha value is -1.01. The Kier molecular flexibility index (Phi) is 2.47. The van der Waals surface area contributed by atoms with Gasteiger partial charge in [-0.05, 0) is 22.0 Å². The molecule has 0 spiro atoms.